The molecule has 0 saturated carbocycles. The van der Waals surface area contributed by atoms with E-state index in [1.807, 2.05) is 26.8 Å². The van der Waals surface area contributed by atoms with Gasteiger partial charge in [-0.15, -0.1) is 10.2 Å². The van der Waals surface area contributed by atoms with E-state index in [0.29, 0.717) is 5.88 Å². The first-order valence-electron chi connectivity index (χ1n) is 8.81. The van der Waals surface area contributed by atoms with Gasteiger partial charge < -0.3 is 14.5 Å². The Morgan fingerprint density at radius 3 is 2.50 bits per heavy atom. The minimum Gasteiger partial charge on any atom is -0.474 e. The van der Waals surface area contributed by atoms with Crippen molar-refractivity contribution in [3.8, 4) is 5.88 Å². The summed E-state index contributed by atoms with van der Waals surface area (Å²) in [4.78, 5) is 13.4. The molecule has 0 N–H and O–H groups in total. The van der Waals surface area contributed by atoms with Gasteiger partial charge in [-0.25, -0.2) is 9.97 Å². The van der Waals surface area contributed by atoms with Crippen molar-refractivity contribution in [3.05, 3.63) is 29.5 Å². The van der Waals surface area contributed by atoms with Crippen LogP contribution in [0.15, 0.2) is 24.5 Å². The maximum absolute atomic E-state index is 5.86. The number of rotatable bonds is 4. The molecule has 1 saturated heterocycles. The van der Waals surface area contributed by atoms with E-state index in [2.05, 4.69) is 42.1 Å². The second kappa shape index (κ2) is 7.03. The molecule has 7 nitrogen and oxygen atoms in total. The minimum absolute atomic E-state index is 0.0793. The van der Waals surface area contributed by atoms with E-state index in [-0.39, 0.29) is 6.10 Å². The van der Waals surface area contributed by atoms with E-state index in [4.69, 9.17) is 4.74 Å². The molecule has 3 aromatic rings. The molecule has 0 bridgehead atoms. The topological polar surface area (TPSA) is 67.3 Å². The molecular formula is C18H22N6OS. The second-order valence-corrected chi connectivity index (χ2v) is 7.78. The lowest BCUT2D eigenvalue weighted by Gasteiger charge is -2.35. The van der Waals surface area contributed by atoms with E-state index in [1.54, 1.807) is 17.7 Å². The van der Waals surface area contributed by atoms with E-state index in [1.165, 1.54) is 5.69 Å². The van der Waals surface area contributed by atoms with Crippen LogP contribution in [0.1, 0.15) is 18.9 Å². The molecule has 4 rings (SSSR count). The van der Waals surface area contributed by atoms with Crippen LogP contribution < -0.4 is 14.5 Å². The Morgan fingerprint density at radius 2 is 1.81 bits per heavy atom. The number of benzene rings is 1. The van der Waals surface area contributed by atoms with Gasteiger partial charge in [0, 0.05) is 31.9 Å². The van der Waals surface area contributed by atoms with Crippen LogP contribution in [-0.4, -0.2) is 52.4 Å². The van der Waals surface area contributed by atoms with E-state index < -0.39 is 0 Å². The maximum Gasteiger partial charge on any atom is 0.224 e. The average molecular weight is 370 g/mol. The highest BCUT2D eigenvalue weighted by Crippen LogP contribution is 2.29. The molecule has 136 valence electrons. The van der Waals surface area contributed by atoms with Gasteiger partial charge in [0.05, 0.1) is 17.0 Å². The van der Waals surface area contributed by atoms with Crippen molar-refractivity contribution in [2.75, 3.05) is 36.0 Å². The van der Waals surface area contributed by atoms with E-state index in [9.17, 15) is 0 Å². The molecule has 1 fully saturated rings. The summed E-state index contributed by atoms with van der Waals surface area (Å²) in [6, 6.07) is 6.30. The van der Waals surface area contributed by atoms with Gasteiger partial charge in [-0.05, 0) is 39.0 Å². The largest absolute Gasteiger partial charge is 0.474 e. The van der Waals surface area contributed by atoms with Crippen molar-refractivity contribution in [2.24, 2.45) is 0 Å². The molecule has 0 amide bonds. The number of piperazine rings is 1. The number of aryl methyl sites for hydroxylation is 1. The van der Waals surface area contributed by atoms with Crippen molar-refractivity contribution in [2.45, 2.75) is 26.9 Å². The SMILES string of the molecule is Cc1nnc(N2CCN(c3ccc4ncnc(OC(C)C)c4c3)CC2)s1. The smallest absolute Gasteiger partial charge is 0.224 e. The zero-order valence-corrected chi connectivity index (χ0v) is 16.0. The highest BCUT2D eigenvalue weighted by atomic mass is 32.1. The summed E-state index contributed by atoms with van der Waals surface area (Å²) < 4.78 is 5.86. The van der Waals surface area contributed by atoms with Gasteiger partial charge in [0.2, 0.25) is 11.0 Å². The van der Waals surface area contributed by atoms with Crippen LogP contribution in [0.3, 0.4) is 0 Å². The summed E-state index contributed by atoms with van der Waals surface area (Å²) in [7, 11) is 0. The molecule has 26 heavy (non-hydrogen) atoms. The number of hydrogen-bond donors (Lipinski definition) is 0. The molecule has 1 aliphatic heterocycles. The Balaban J connectivity index is 1.54. The number of aromatic nitrogens is 4. The normalized spacial score (nSPS) is 15.1. The predicted molar refractivity (Wildman–Crippen MR) is 104 cm³/mol. The number of fused-ring (bicyclic) bond motifs is 1. The van der Waals surface area contributed by atoms with E-state index >= 15 is 0 Å². The van der Waals surface area contributed by atoms with Crippen LogP contribution in [0.25, 0.3) is 10.9 Å². The molecule has 8 heteroatoms. The minimum atomic E-state index is 0.0793. The van der Waals surface area contributed by atoms with Crippen LogP contribution in [0.4, 0.5) is 10.8 Å². The van der Waals surface area contributed by atoms with Crippen LogP contribution in [0, 0.1) is 6.92 Å². The summed E-state index contributed by atoms with van der Waals surface area (Å²) >= 11 is 1.65. The van der Waals surface area contributed by atoms with Gasteiger partial charge in [-0.2, -0.15) is 0 Å². The van der Waals surface area contributed by atoms with Crippen molar-refractivity contribution in [1.29, 1.82) is 0 Å². The van der Waals surface area contributed by atoms with Crippen LogP contribution in [0.5, 0.6) is 5.88 Å². The fourth-order valence-corrected chi connectivity index (χ4v) is 3.84. The van der Waals surface area contributed by atoms with Crippen molar-refractivity contribution in [1.82, 2.24) is 20.2 Å². The zero-order chi connectivity index (χ0) is 18.1. The Hall–Kier alpha value is -2.48. The summed E-state index contributed by atoms with van der Waals surface area (Å²) in [5, 5.41) is 11.4. The zero-order valence-electron chi connectivity index (χ0n) is 15.2. The highest BCUT2D eigenvalue weighted by molar-refractivity contribution is 7.15. The lowest BCUT2D eigenvalue weighted by atomic mass is 10.2. The van der Waals surface area contributed by atoms with Gasteiger partial charge in [0.1, 0.15) is 11.3 Å². The summed E-state index contributed by atoms with van der Waals surface area (Å²) in [6.07, 6.45) is 1.64. The monoisotopic (exact) mass is 370 g/mol. The first-order valence-corrected chi connectivity index (χ1v) is 9.63. The third kappa shape index (κ3) is 3.41. The molecule has 0 spiro atoms. The summed E-state index contributed by atoms with van der Waals surface area (Å²) in [5.41, 5.74) is 2.08. The fourth-order valence-electron chi connectivity index (χ4n) is 3.10. The van der Waals surface area contributed by atoms with Crippen molar-refractivity contribution < 1.29 is 4.74 Å². The van der Waals surface area contributed by atoms with Gasteiger partial charge >= 0.3 is 0 Å². The number of hydrogen-bond acceptors (Lipinski definition) is 8. The lowest BCUT2D eigenvalue weighted by molar-refractivity contribution is 0.235. The number of anilines is 2. The van der Waals surface area contributed by atoms with Gasteiger partial charge in [0.25, 0.3) is 0 Å². The fraction of sp³-hybridized carbons (Fsp3) is 0.444. The molecule has 3 heterocycles. The summed E-state index contributed by atoms with van der Waals surface area (Å²) in [5.74, 6) is 0.648. The van der Waals surface area contributed by atoms with Crippen molar-refractivity contribution in [3.63, 3.8) is 0 Å². The standard InChI is InChI=1S/C18H22N6OS/c1-12(2)25-17-15-10-14(4-5-16(15)19-11-20-17)23-6-8-24(9-7-23)18-22-21-13(3)26-18/h4-5,10-12H,6-9H2,1-3H3. The average Bonchev–Trinajstić information content (AvgIpc) is 3.08. The lowest BCUT2D eigenvalue weighted by Crippen LogP contribution is -2.46. The Bertz CT molecular complexity index is 904. The molecule has 2 aromatic heterocycles. The van der Waals surface area contributed by atoms with Gasteiger partial charge in [0.15, 0.2) is 0 Å². The van der Waals surface area contributed by atoms with Gasteiger partial charge in [-0.3, -0.25) is 0 Å². The predicted octanol–water partition coefficient (Wildman–Crippen LogP) is 2.90. The molecule has 0 unspecified atom stereocenters. The van der Waals surface area contributed by atoms with E-state index in [0.717, 1.165) is 47.2 Å². The molecular weight excluding hydrogens is 348 g/mol. The third-order valence-electron chi connectivity index (χ3n) is 4.36. The first-order chi connectivity index (χ1) is 12.6. The Labute approximate surface area is 156 Å². The van der Waals surface area contributed by atoms with Gasteiger partial charge in [-0.1, -0.05) is 11.3 Å². The van der Waals surface area contributed by atoms with Crippen molar-refractivity contribution >= 4 is 33.1 Å². The third-order valence-corrected chi connectivity index (χ3v) is 5.26. The molecule has 0 radical (unpaired) electrons. The summed E-state index contributed by atoms with van der Waals surface area (Å²) in [6.45, 7) is 9.76. The number of ether oxygens (including phenoxy) is 1. The number of nitrogens with zero attached hydrogens (tertiary/aromatic N) is 6. The first kappa shape index (κ1) is 17.0. The van der Waals surface area contributed by atoms with Crippen LogP contribution >= 0.6 is 11.3 Å². The van der Waals surface area contributed by atoms with Crippen LogP contribution in [0.2, 0.25) is 0 Å². The maximum atomic E-state index is 5.86. The second-order valence-electron chi connectivity index (χ2n) is 6.62. The Morgan fingerprint density at radius 1 is 1.04 bits per heavy atom. The quantitative estimate of drug-likeness (QED) is 0.699. The molecule has 1 aromatic carbocycles. The highest BCUT2D eigenvalue weighted by Gasteiger charge is 2.20. The van der Waals surface area contributed by atoms with Crippen LogP contribution in [-0.2, 0) is 0 Å². The molecule has 0 atom stereocenters. The molecule has 0 aliphatic carbocycles. The molecule has 1 aliphatic rings. The Kier molecular flexibility index (Phi) is 4.58.